The Labute approximate surface area is 293 Å². The van der Waals surface area contributed by atoms with Gasteiger partial charge in [-0.25, -0.2) is 9.97 Å². The van der Waals surface area contributed by atoms with Gasteiger partial charge in [0.2, 0.25) is 5.82 Å². The van der Waals surface area contributed by atoms with E-state index in [1.807, 2.05) is 0 Å². The van der Waals surface area contributed by atoms with E-state index in [9.17, 15) is 32.3 Å². The molecule has 5 aromatic rings. The van der Waals surface area contributed by atoms with Gasteiger partial charge in [-0.05, 0) is 74.4 Å². The van der Waals surface area contributed by atoms with Gasteiger partial charge in [0, 0.05) is 37.4 Å². The molecular weight excluding hydrogens is 685 g/mol. The lowest BCUT2D eigenvalue weighted by atomic mass is 10.1. The maximum Gasteiger partial charge on any atom is 0.416 e. The molecule has 2 amide bonds. The summed E-state index contributed by atoms with van der Waals surface area (Å²) >= 11 is 0. The van der Waals surface area contributed by atoms with Gasteiger partial charge >= 0.3 is 6.18 Å². The van der Waals surface area contributed by atoms with Gasteiger partial charge < -0.3 is 19.3 Å². The Kier molecular flexibility index (Phi) is 9.16. The Morgan fingerprint density at radius 1 is 0.962 bits per heavy atom. The van der Waals surface area contributed by atoms with E-state index in [-0.39, 0.29) is 77.7 Å². The fraction of sp³-hybridized carbons (Fsp3) is 0.314. The molecule has 3 aromatic heterocycles. The second-order valence-electron chi connectivity index (χ2n) is 12.4. The number of nitrogens with zero attached hydrogens (tertiary/aromatic N) is 8. The quantitative estimate of drug-likeness (QED) is 0.196. The van der Waals surface area contributed by atoms with Crippen LogP contribution in [0.5, 0.6) is 11.5 Å². The molecule has 52 heavy (non-hydrogen) atoms. The van der Waals surface area contributed by atoms with Gasteiger partial charge in [-0.1, -0.05) is 0 Å². The second kappa shape index (κ2) is 13.9. The molecule has 2 fully saturated rings. The SMILES string of the molecule is CC1CN(C(=O)COc2ccc(C(F)(F)F)cc2)CCN1C(=O)c1nc2ncccc2c(=O)n1-c1cc(C(=O)Cn2nccn2)ccc1OC1CC1. The van der Waals surface area contributed by atoms with Crippen molar-refractivity contribution < 1.29 is 37.0 Å². The van der Waals surface area contributed by atoms with Crippen LogP contribution in [-0.2, 0) is 17.5 Å². The Morgan fingerprint density at radius 2 is 1.71 bits per heavy atom. The standard InChI is InChI=1S/C35H31F3N8O6/c1-21-18-43(30(48)20-51-24-7-5-23(6-8-24)35(36,37)38)15-16-44(21)34(50)32-42-31-26(3-2-12-39-31)33(49)46(32)27-17-22(4-11-29(27)52-25-9-10-25)28(47)19-45-40-13-14-41-45/h2-8,11-14,17,21,25H,9-10,15-16,18-20H2,1H3. The van der Waals surface area contributed by atoms with Crippen molar-refractivity contribution in [3.63, 3.8) is 0 Å². The summed E-state index contributed by atoms with van der Waals surface area (Å²) < 4.78 is 51.5. The minimum absolute atomic E-state index is 0.0515. The molecule has 1 aliphatic heterocycles. The van der Waals surface area contributed by atoms with E-state index in [0.29, 0.717) is 0 Å². The Morgan fingerprint density at radius 3 is 2.40 bits per heavy atom. The van der Waals surface area contributed by atoms with Gasteiger partial charge in [0.05, 0.1) is 35.1 Å². The van der Waals surface area contributed by atoms with E-state index >= 15 is 0 Å². The normalized spacial score (nSPS) is 16.2. The van der Waals surface area contributed by atoms with Crippen LogP contribution in [0.25, 0.3) is 16.7 Å². The van der Waals surface area contributed by atoms with Gasteiger partial charge in [0.25, 0.3) is 17.4 Å². The minimum atomic E-state index is -4.50. The van der Waals surface area contributed by atoms with Crippen LogP contribution in [0.15, 0.2) is 78.0 Å². The lowest BCUT2D eigenvalue weighted by Crippen LogP contribution is -2.56. The van der Waals surface area contributed by atoms with Crippen LogP contribution in [0.4, 0.5) is 13.2 Å². The van der Waals surface area contributed by atoms with Crippen molar-refractivity contribution in [1.29, 1.82) is 0 Å². The number of ether oxygens (including phenoxy) is 2. The van der Waals surface area contributed by atoms with Crippen molar-refractivity contribution in [1.82, 2.24) is 39.3 Å². The minimum Gasteiger partial charge on any atom is -0.488 e. The van der Waals surface area contributed by atoms with Gasteiger partial charge in [-0.2, -0.15) is 28.2 Å². The molecule has 4 heterocycles. The van der Waals surface area contributed by atoms with Crippen molar-refractivity contribution in [3.05, 3.63) is 100 Å². The molecule has 268 valence electrons. The lowest BCUT2D eigenvalue weighted by Gasteiger charge is -2.39. The number of carbonyl (C=O) groups excluding carboxylic acids is 3. The van der Waals surface area contributed by atoms with Crippen LogP contribution in [0.3, 0.4) is 0 Å². The number of ketones is 1. The molecule has 1 unspecified atom stereocenters. The summed E-state index contributed by atoms with van der Waals surface area (Å²) in [6.45, 7) is 1.45. The molecule has 0 bridgehead atoms. The summed E-state index contributed by atoms with van der Waals surface area (Å²) in [5.74, 6) is -1.24. The highest BCUT2D eigenvalue weighted by Crippen LogP contribution is 2.33. The molecule has 0 spiro atoms. The van der Waals surface area contributed by atoms with Gasteiger partial charge in [0.1, 0.15) is 18.0 Å². The van der Waals surface area contributed by atoms with Crippen molar-refractivity contribution in [2.75, 3.05) is 26.2 Å². The van der Waals surface area contributed by atoms with Gasteiger partial charge in [-0.3, -0.25) is 23.7 Å². The number of benzene rings is 2. The first kappa shape index (κ1) is 34.3. The van der Waals surface area contributed by atoms with E-state index in [0.717, 1.165) is 41.7 Å². The summed E-state index contributed by atoms with van der Waals surface area (Å²) in [6, 6.07) is 11.3. The van der Waals surface area contributed by atoms with Gasteiger partial charge in [-0.15, -0.1) is 0 Å². The maximum absolute atomic E-state index is 14.4. The topological polar surface area (TPSA) is 155 Å². The van der Waals surface area contributed by atoms with Crippen molar-refractivity contribution in [2.45, 2.75) is 44.6 Å². The summed E-state index contributed by atoms with van der Waals surface area (Å²) in [4.78, 5) is 68.0. The molecule has 17 heteroatoms. The second-order valence-corrected chi connectivity index (χ2v) is 12.4. The fourth-order valence-electron chi connectivity index (χ4n) is 5.85. The summed E-state index contributed by atoms with van der Waals surface area (Å²) in [5.41, 5.74) is -0.998. The number of Topliss-reactive ketones (excluding diaryl/α,β-unsaturated/α-hetero) is 1. The molecule has 1 atom stereocenters. The first-order valence-corrected chi connectivity index (χ1v) is 16.4. The number of aromatic nitrogens is 6. The first-order chi connectivity index (χ1) is 25.0. The van der Waals surface area contributed by atoms with Crippen LogP contribution >= 0.6 is 0 Å². The van der Waals surface area contributed by atoms with E-state index in [1.165, 1.54) is 39.3 Å². The van der Waals surface area contributed by atoms with E-state index in [1.54, 1.807) is 31.2 Å². The van der Waals surface area contributed by atoms with E-state index in [2.05, 4.69) is 20.2 Å². The number of fused-ring (bicyclic) bond motifs is 1. The highest BCUT2D eigenvalue weighted by molar-refractivity contribution is 5.97. The molecule has 1 saturated heterocycles. The summed E-state index contributed by atoms with van der Waals surface area (Å²) in [7, 11) is 0. The maximum atomic E-state index is 14.4. The van der Waals surface area contributed by atoms with Crippen molar-refractivity contribution in [3.8, 4) is 17.2 Å². The molecule has 0 radical (unpaired) electrons. The van der Waals surface area contributed by atoms with Crippen LogP contribution in [0.2, 0.25) is 0 Å². The Bertz CT molecular complexity index is 2200. The lowest BCUT2D eigenvalue weighted by molar-refractivity contribution is -0.138. The molecule has 7 rings (SSSR count). The number of piperazine rings is 1. The molecule has 1 saturated carbocycles. The number of hydrogen-bond acceptors (Lipinski definition) is 10. The van der Waals surface area contributed by atoms with Gasteiger partial charge in [0.15, 0.2) is 18.0 Å². The van der Waals surface area contributed by atoms with Crippen molar-refractivity contribution >= 4 is 28.6 Å². The average Bonchev–Trinajstić information content (AvgIpc) is 3.81. The average molecular weight is 717 g/mol. The largest absolute Gasteiger partial charge is 0.488 e. The smallest absolute Gasteiger partial charge is 0.416 e. The highest BCUT2D eigenvalue weighted by atomic mass is 19.4. The summed E-state index contributed by atoms with van der Waals surface area (Å²) in [5, 5.41) is 8.13. The third kappa shape index (κ3) is 7.19. The van der Waals surface area contributed by atoms with Crippen LogP contribution in [-0.4, -0.2) is 95.3 Å². The number of halogens is 3. The fourth-order valence-corrected chi connectivity index (χ4v) is 5.85. The predicted molar refractivity (Wildman–Crippen MR) is 177 cm³/mol. The summed E-state index contributed by atoms with van der Waals surface area (Å²) in [6.07, 6.45) is 1.38. The molecule has 2 aliphatic rings. The number of amides is 2. The highest BCUT2D eigenvalue weighted by Gasteiger charge is 2.35. The van der Waals surface area contributed by atoms with E-state index in [4.69, 9.17) is 9.47 Å². The number of carbonyl (C=O) groups is 3. The van der Waals surface area contributed by atoms with Crippen molar-refractivity contribution in [2.24, 2.45) is 0 Å². The zero-order valence-electron chi connectivity index (χ0n) is 27.7. The molecule has 1 aliphatic carbocycles. The Balaban J connectivity index is 1.16. The number of rotatable bonds is 10. The van der Waals surface area contributed by atoms with Crippen LogP contribution in [0.1, 0.15) is 46.3 Å². The van der Waals surface area contributed by atoms with E-state index < -0.39 is 41.8 Å². The monoisotopic (exact) mass is 716 g/mol. The zero-order valence-corrected chi connectivity index (χ0v) is 27.7. The number of pyridine rings is 1. The van der Waals surface area contributed by atoms with Crippen LogP contribution in [0, 0.1) is 0 Å². The molecular formula is C35H31F3N8O6. The third-order valence-corrected chi connectivity index (χ3v) is 8.71. The number of alkyl halides is 3. The van der Waals surface area contributed by atoms with Crippen LogP contribution < -0.4 is 15.0 Å². The third-order valence-electron chi connectivity index (χ3n) is 8.71. The predicted octanol–water partition coefficient (Wildman–Crippen LogP) is 3.57. The zero-order chi connectivity index (χ0) is 36.6. The first-order valence-electron chi connectivity index (χ1n) is 16.4. The molecule has 0 N–H and O–H groups in total. The Hall–Kier alpha value is -6.13. The molecule has 2 aromatic carbocycles. The number of hydrogen-bond donors (Lipinski definition) is 0. The molecule has 14 nitrogen and oxygen atoms in total.